The van der Waals surface area contributed by atoms with Crippen molar-refractivity contribution < 1.29 is 19.1 Å². The van der Waals surface area contributed by atoms with Gasteiger partial charge in [-0.3, -0.25) is 9.59 Å². The van der Waals surface area contributed by atoms with Gasteiger partial charge in [0, 0.05) is 11.6 Å². The molecule has 2 heterocycles. The number of nitrogens with one attached hydrogen (secondary N) is 2. The van der Waals surface area contributed by atoms with Crippen LogP contribution in [0.5, 0.6) is 0 Å². The molecule has 2 aromatic heterocycles. The summed E-state index contributed by atoms with van der Waals surface area (Å²) in [6, 6.07) is 18.3. The van der Waals surface area contributed by atoms with Gasteiger partial charge in [-0.2, -0.15) is 4.68 Å². The van der Waals surface area contributed by atoms with Gasteiger partial charge in [0.25, 0.3) is 11.8 Å². The van der Waals surface area contributed by atoms with E-state index in [1.807, 2.05) is 70.2 Å². The van der Waals surface area contributed by atoms with Crippen LogP contribution in [0.15, 0.2) is 60.7 Å². The molecule has 0 bridgehead atoms. The zero-order chi connectivity index (χ0) is 30.0. The van der Waals surface area contributed by atoms with Crippen LogP contribution in [-0.2, 0) is 10.3 Å². The van der Waals surface area contributed by atoms with E-state index in [2.05, 4.69) is 15.7 Å². The fourth-order valence-electron chi connectivity index (χ4n) is 5.13. The molecule has 42 heavy (non-hydrogen) atoms. The molecule has 1 atom stereocenters. The zero-order valence-electron chi connectivity index (χ0n) is 24.3. The molecule has 4 aromatic rings. The number of carbonyl (C=O) groups excluding carboxylic acids is 3. The normalized spacial score (nSPS) is 14.7. The Labute approximate surface area is 249 Å². The van der Waals surface area contributed by atoms with Crippen LogP contribution in [0, 0.1) is 5.92 Å². The Bertz CT molecular complexity index is 1580. The number of fused-ring (bicyclic) bond motifs is 1. The van der Waals surface area contributed by atoms with E-state index in [9.17, 15) is 14.4 Å². The van der Waals surface area contributed by atoms with Gasteiger partial charge in [0.2, 0.25) is 0 Å². The summed E-state index contributed by atoms with van der Waals surface area (Å²) < 4.78 is 6.87. The van der Waals surface area contributed by atoms with Crippen molar-refractivity contribution in [2.75, 3.05) is 5.32 Å². The lowest BCUT2D eigenvalue weighted by Gasteiger charge is -2.26. The first-order valence-corrected chi connectivity index (χ1v) is 15.1. The second kappa shape index (κ2) is 12.1. The number of ether oxygens (including phenoxy) is 1. The molecule has 0 radical (unpaired) electrons. The number of hydrogen-bond acceptors (Lipinski definition) is 7. The predicted octanol–water partition coefficient (Wildman–Crippen LogP) is 6.60. The minimum atomic E-state index is -0.636. The minimum absolute atomic E-state index is 0.134. The first kappa shape index (κ1) is 29.5. The number of aromatic nitrogens is 2. The van der Waals surface area contributed by atoms with E-state index in [-0.39, 0.29) is 29.8 Å². The summed E-state index contributed by atoms with van der Waals surface area (Å²) in [6.45, 7) is 7.95. The topological polar surface area (TPSA) is 128 Å². The monoisotopic (exact) mass is 587 g/mol. The van der Waals surface area contributed by atoms with Crippen molar-refractivity contribution in [3.05, 3.63) is 82.2 Å². The van der Waals surface area contributed by atoms with Crippen LogP contribution in [0.3, 0.4) is 0 Å². The summed E-state index contributed by atoms with van der Waals surface area (Å²) in [5, 5.41) is 10.8. The van der Waals surface area contributed by atoms with E-state index in [1.54, 1.807) is 18.2 Å². The zero-order valence-corrected chi connectivity index (χ0v) is 25.2. The average Bonchev–Trinajstić information content (AvgIpc) is 3.71. The molecule has 0 spiro atoms. The Kier molecular flexibility index (Phi) is 8.47. The third-order valence-electron chi connectivity index (χ3n) is 7.76. The van der Waals surface area contributed by atoms with E-state index in [0.29, 0.717) is 20.7 Å². The lowest BCUT2D eigenvalue weighted by atomic mass is 9.94. The van der Waals surface area contributed by atoms with Crippen molar-refractivity contribution in [3.63, 3.8) is 0 Å². The number of nitrogens with zero attached hydrogens (tertiary/aromatic N) is 2. The Morgan fingerprint density at radius 1 is 1.02 bits per heavy atom. The quantitative estimate of drug-likeness (QED) is 0.213. The molecule has 1 aliphatic rings. The van der Waals surface area contributed by atoms with Gasteiger partial charge in [-0.1, -0.05) is 56.3 Å². The molecule has 2 amide bonds. The Balaban J connectivity index is 1.43. The molecule has 0 saturated heterocycles. The van der Waals surface area contributed by atoms with Gasteiger partial charge in [-0.05, 0) is 74.8 Å². The maximum atomic E-state index is 13.4. The first-order chi connectivity index (χ1) is 20.0. The Hall–Kier alpha value is -4.02. The minimum Gasteiger partial charge on any atom is -0.445 e. The highest BCUT2D eigenvalue weighted by atomic mass is 32.1. The molecule has 9 nitrogen and oxygen atoms in total. The van der Waals surface area contributed by atoms with Crippen LogP contribution in [0.25, 0.3) is 10.2 Å². The average molecular weight is 588 g/mol. The number of hydrogen-bond donors (Lipinski definition) is 3. The van der Waals surface area contributed by atoms with Crippen molar-refractivity contribution in [2.45, 2.75) is 71.1 Å². The SMILES string of the molecule is CC(C)C(N)c1ccc(C(=O)Nc2nn(C(=O)OC3CCCC3)c3sc(C(=O)NC(C)(C)c4ccccc4)cc23)cc1. The van der Waals surface area contributed by atoms with Gasteiger partial charge in [0.05, 0.1) is 15.8 Å². The third-order valence-corrected chi connectivity index (χ3v) is 8.87. The number of rotatable bonds is 8. The van der Waals surface area contributed by atoms with Gasteiger partial charge in [-0.25, -0.2) is 4.79 Å². The van der Waals surface area contributed by atoms with Gasteiger partial charge < -0.3 is 21.1 Å². The van der Waals surface area contributed by atoms with E-state index >= 15 is 0 Å². The fourth-order valence-corrected chi connectivity index (χ4v) is 6.12. The van der Waals surface area contributed by atoms with Crippen molar-refractivity contribution >= 4 is 45.3 Å². The maximum absolute atomic E-state index is 13.4. The lowest BCUT2D eigenvalue weighted by molar-refractivity contribution is 0.0915. The molecule has 4 N–H and O–H groups in total. The lowest BCUT2D eigenvalue weighted by Crippen LogP contribution is -2.40. The second-order valence-electron chi connectivity index (χ2n) is 11.7. The number of benzene rings is 2. The molecular formula is C32H37N5O4S. The first-order valence-electron chi connectivity index (χ1n) is 14.3. The van der Waals surface area contributed by atoms with Crippen LogP contribution in [-0.4, -0.2) is 33.8 Å². The Morgan fingerprint density at radius 3 is 2.33 bits per heavy atom. The van der Waals surface area contributed by atoms with Crippen LogP contribution < -0.4 is 16.4 Å². The molecule has 220 valence electrons. The molecule has 1 fully saturated rings. The number of nitrogens with two attached hydrogens (primary N) is 1. The van der Waals surface area contributed by atoms with Crippen molar-refractivity contribution in [1.29, 1.82) is 0 Å². The molecule has 10 heteroatoms. The number of thiophene rings is 1. The van der Waals surface area contributed by atoms with Crippen molar-refractivity contribution in [2.24, 2.45) is 11.7 Å². The molecule has 5 rings (SSSR count). The van der Waals surface area contributed by atoms with Crippen LogP contribution >= 0.6 is 11.3 Å². The summed E-state index contributed by atoms with van der Waals surface area (Å²) in [6.07, 6.45) is 2.84. The molecule has 0 aliphatic heterocycles. The smallest absolute Gasteiger partial charge is 0.436 e. The van der Waals surface area contributed by atoms with Gasteiger partial charge in [0.1, 0.15) is 10.9 Å². The number of carbonyl (C=O) groups is 3. The van der Waals surface area contributed by atoms with Gasteiger partial charge in [-0.15, -0.1) is 16.4 Å². The van der Waals surface area contributed by atoms with E-state index in [1.165, 1.54) is 0 Å². The highest BCUT2D eigenvalue weighted by Gasteiger charge is 2.29. The van der Waals surface area contributed by atoms with E-state index in [0.717, 1.165) is 52.8 Å². The van der Waals surface area contributed by atoms with Crippen molar-refractivity contribution in [3.8, 4) is 0 Å². The maximum Gasteiger partial charge on any atom is 0.436 e. The highest BCUT2D eigenvalue weighted by molar-refractivity contribution is 7.20. The molecule has 1 aliphatic carbocycles. The largest absolute Gasteiger partial charge is 0.445 e. The van der Waals surface area contributed by atoms with Crippen LogP contribution in [0.2, 0.25) is 0 Å². The summed E-state index contributed by atoms with van der Waals surface area (Å²) in [7, 11) is 0. The van der Waals surface area contributed by atoms with Gasteiger partial charge in [0.15, 0.2) is 5.82 Å². The Morgan fingerprint density at radius 2 is 1.69 bits per heavy atom. The fraction of sp³-hybridized carbons (Fsp3) is 0.375. The highest BCUT2D eigenvalue weighted by Crippen LogP contribution is 2.33. The molecule has 1 unspecified atom stereocenters. The summed E-state index contributed by atoms with van der Waals surface area (Å²) in [5.41, 5.74) is 7.93. The summed E-state index contributed by atoms with van der Waals surface area (Å²) in [4.78, 5) is 40.6. The van der Waals surface area contributed by atoms with Crippen molar-refractivity contribution in [1.82, 2.24) is 15.1 Å². The number of anilines is 1. The van der Waals surface area contributed by atoms with Crippen LogP contribution in [0.1, 0.15) is 90.6 Å². The number of amides is 2. The standard InChI is InChI=1S/C32H37N5O4S/c1-19(2)26(33)20-14-16-21(17-15-20)28(38)34-27-24-18-25(29(39)35-32(3,4)22-10-6-5-7-11-22)42-30(24)37(36-27)31(40)41-23-12-8-9-13-23/h5-7,10-11,14-19,23,26H,8-9,12-13,33H2,1-4H3,(H,35,39)(H,34,36,38). The predicted molar refractivity (Wildman–Crippen MR) is 165 cm³/mol. The molecule has 2 aromatic carbocycles. The molecular weight excluding hydrogens is 550 g/mol. The second-order valence-corrected chi connectivity index (χ2v) is 12.7. The summed E-state index contributed by atoms with van der Waals surface area (Å²) in [5.74, 6) is -0.249. The molecule has 1 saturated carbocycles. The third kappa shape index (κ3) is 6.24. The van der Waals surface area contributed by atoms with E-state index < -0.39 is 17.5 Å². The van der Waals surface area contributed by atoms with Crippen LogP contribution in [0.4, 0.5) is 10.6 Å². The summed E-state index contributed by atoms with van der Waals surface area (Å²) >= 11 is 1.13. The van der Waals surface area contributed by atoms with Gasteiger partial charge >= 0.3 is 6.09 Å². The van der Waals surface area contributed by atoms with E-state index in [4.69, 9.17) is 10.5 Å².